The second-order valence-corrected chi connectivity index (χ2v) is 5.48. The molecule has 0 atom stereocenters. The maximum absolute atomic E-state index is 5.55. The van der Waals surface area contributed by atoms with Crippen molar-refractivity contribution >= 4 is 29.9 Å². The van der Waals surface area contributed by atoms with Gasteiger partial charge in [-0.25, -0.2) is 4.98 Å². The van der Waals surface area contributed by atoms with E-state index in [1.165, 1.54) is 11.1 Å². The molecule has 0 bridgehead atoms. The topological polar surface area (TPSA) is 71.7 Å². The summed E-state index contributed by atoms with van der Waals surface area (Å²) in [5.74, 6) is 2.22. The van der Waals surface area contributed by atoms with Gasteiger partial charge in [-0.2, -0.15) is 0 Å². The van der Waals surface area contributed by atoms with Gasteiger partial charge in [0.2, 0.25) is 5.89 Å². The summed E-state index contributed by atoms with van der Waals surface area (Å²) in [5, 5.41) is 6.48. The Balaban J connectivity index is 0.00000312. The van der Waals surface area contributed by atoms with Crippen molar-refractivity contribution in [3.05, 3.63) is 52.7 Å². The largest absolute Gasteiger partial charge is 0.444 e. The summed E-state index contributed by atoms with van der Waals surface area (Å²) in [4.78, 5) is 8.56. The summed E-state index contributed by atoms with van der Waals surface area (Å²) < 4.78 is 10.9. The Labute approximate surface area is 166 Å². The van der Waals surface area contributed by atoms with Crippen LogP contribution in [0, 0.1) is 13.8 Å². The van der Waals surface area contributed by atoms with Crippen LogP contribution in [0.3, 0.4) is 0 Å². The number of nitrogens with one attached hydrogen (secondary N) is 2. The van der Waals surface area contributed by atoms with Crippen molar-refractivity contribution in [1.82, 2.24) is 15.6 Å². The molecule has 2 aromatic rings. The molecule has 0 amide bonds. The predicted octanol–water partition coefficient (Wildman–Crippen LogP) is 3.31. The molecule has 0 aliphatic rings. The van der Waals surface area contributed by atoms with Crippen LogP contribution >= 0.6 is 24.0 Å². The number of oxazole rings is 1. The van der Waals surface area contributed by atoms with Crippen molar-refractivity contribution in [3.8, 4) is 0 Å². The van der Waals surface area contributed by atoms with Crippen LogP contribution in [0.5, 0.6) is 0 Å². The maximum atomic E-state index is 5.55. The molecule has 25 heavy (non-hydrogen) atoms. The van der Waals surface area contributed by atoms with Crippen LogP contribution in [0.15, 0.2) is 33.7 Å². The number of nitrogens with zero attached hydrogens (tertiary/aromatic N) is 2. The minimum absolute atomic E-state index is 0. The molecule has 0 unspecified atom stereocenters. The minimum Gasteiger partial charge on any atom is -0.444 e. The molecular weight excluding hydrogens is 431 g/mol. The predicted molar refractivity (Wildman–Crippen MR) is 110 cm³/mol. The Morgan fingerprint density at radius 3 is 2.32 bits per heavy atom. The van der Waals surface area contributed by atoms with Gasteiger partial charge in [0.15, 0.2) is 5.96 Å². The number of guanidine groups is 1. The fourth-order valence-electron chi connectivity index (χ4n) is 2.15. The van der Waals surface area contributed by atoms with E-state index < -0.39 is 0 Å². The SMILES string of the molecule is CCOCc1ccc(CNC(=NC)NCc2nc(C)c(C)o2)cc1.I. The van der Waals surface area contributed by atoms with E-state index in [2.05, 4.69) is 44.9 Å². The Morgan fingerprint density at radius 2 is 1.76 bits per heavy atom. The number of aliphatic imine (C=N–C) groups is 1. The number of halogens is 1. The average Bonchev–Trinajstić information content (AvgIpc) is 2.92. The van der Waals surface area contributed by atoms with E-state index in [1.807, 2.05) is 20.8 Å². The zero-order valence-electron chi connectivity index (χ0n) is 15.3. The van der Waals surface area contributed by atoms with Crippen LogP contribution in [-0.2, 0) is 24.4 Å². The number of rotatable bonds is 7. The summed E-state index contributed by atoms with van der Waals surface area (Å²) in [5.41, 5.74) is 3.28. The standard InChI is InChI=1S/C18H26N4O2.HI/c1-5-23-12-16-8-6-15(7-9-16)10-20-18(19-4)21-11-17-22-13(2)14(3)24-17;/h6-9H,5,10-12H2,1-4H3,(H2,19,20,21);1H. The summed E-state index contributed by atoms with van der Waals surface area (Å²) in [6.45, 7) is 8.42. The highest BCUT2D eigenvalue weighted by molar-refractivity contribution is 14.0. The molecule has 1 heterocycles. The molecular formula is C18H27IN4O2. The van der Waals surface area contributed by atoms with Crippen LogP contribution in [0.25, 0.3) is 0 Å². The molecule has 0 saturated heterocycles. The van der Waals surface area contributed by atoms with E-state index in [9.17, 15) is 0 Å². The van der Waals surface area contributed by atoms with Gasteiger partial charge in [-0.3, -0.25) is 4.99 Å². The van der Waals surface area contributed by atoms with E-state index in [0.29, 0.717) is 31.5 Å². The Hall–Kier alpha value is -1.61. The van der Waals surface area contributed by atoms with E-state index in [0.717, 1.165) is 18.1 Å². The third-order valence-corrected chi connectivity index (χ3v) is 3.66. The van der Waals surface area contributed by atoms with Gasteiger partial charge >= 0.3 is 0 Å². The lowest BCUT2D eigenvalue weighted by Crippen LogP contribution is -2.36. The molecule has 0 spiro atoms. The van der Waals surface area contributed by atoms with Crippen LogP contribution in [0.1, 0.15) is 35.4 Å². The van der Waals surface area contributed by atoms with Gasteiger partial charge in [0.05, 0.1) is 18.8 Å². The first-order chi connectivity index (χ1) is 11.6. The monoisotopic (exact) mass is 458 g/mol. The highest BCUT2D eigenvalue weighted by Crippen LogP contribution is 2.08. The van der Waals surface area contributed by atoms with Crippen molar-refractivity contribution in [1.29, 1.82) is 0 Å². The van der Waals surface area contributed by atoms with Crippen molar-refractivity contribution in [2.75, 3.05) is 13.7 Å². The number of ether oxygens (including phenoxy) is 1. The molecule has 2 rings (SSSR count). The lowest BCUT2D eigenvalue weighted by Gasteiger charge is -2.11. The second-order valence-electron chi connectivity index (χ2n) is 5.48. The van der Waals surface area contributed by atoms with E-state index in [1.54, 1.807) is 7.05 Å². The summed E-state index contributed by atoms with van der Waals surface area (Å²) in [6.07, 6.45) is 0. The zero-order chi connectivity index (χ0) is 17.4. The first kappa shape index (κ1) is 21.4. The first-order valence-electron chi connectivity index (χ1n) is 8.15. The third kappa shape index (κ3) is 7.03. The van der Waals surface area contributed by atoms with Gasteiger partial charge in [0.1, 0.15) is 5.76 Å². The summed E-state index contributed by atoms with van der Waals surface area (Å²) in [6, 6.07) is 8.35. The molecule has 138 valence electrons. The van der Waals surface area contributed by atoms with E-state index >= 15 is 0 Å². The van der Waals surface area contributed by atoms with E-state index in [4.69, 9.17) is 9.15 Å². The Kier molecular flexibility index (Phi) is 9.51. The van der Waals surface area contributed by atoms with Gasteiger partial charge < -0.3 is 19.8 Å². The molecule has 1 aromatic heterocycles. The van der Waals surface area contributed by atoms with Crippen LogP contribution in [-0.4, -0.2) is 24.6 Å². The Morgan fingerprint density at radius 1 is 1.12 bits per heavy atom. The second kappa shape index (κ2) is 11.1. The van der Waals surface area contributed by atoms with Crippen molar-refractivity contribution in [2.24, 2.45) is 4.99 Å². The number of hydrogen-bond donors (Lipinski definition) is 2. The fraction of sp³-hybridized carbons (Fsp3) is 0.444. The zero-order valence-corrected chi connectivity index (χ0v) is 17.6. The van der Waals surface area contributed by atoms with E-state index in [-0.39, 0.29) is 24.0 Å². The molecule has 6 nitrogen and oxygen atoms in total. The molecule has 0 radical (unpaired) electrons. The normalized spacial score (nSPS) is 11.1. The first-order valence-corrected chi connectivity index (χ1v) is 8.15. The number of aromatic nitrogens is 1. The molecule has 0 fully saturated rings. The molecule has 7 heteroatoms. The third-order valence-electron chi connectivity index (χ3n) is 3.66. The van der Waals surface area contributed by atoms with Crippen LogP contribution in [0.4, 0.5) is 0 Å². The fourth-order valence-corrected chi connectivity index (χ4v) is 2.15. The van der Waals surface area contributed by atoms with Crippen LogP contribution < -0.4 is 10.6 Å². The van der Waals surface area contributed by atoms with Crippen molar-refractivity contribution in [2.45, 2.75) is 40.5 Å². The van der Waals surface area contributed by atoms with Crippen molar-refractivity contribution < 1.29 is 9.15 Å². The molecule has 1 aromatic carbocycles. The highest BCUT2D eigenvalue weighted by atomic mass is 127. The van der Waals surface area contributed by atoms with Crippen molar-refractivity contribution in [3.63, 3.8) is 0 Å². The molecule has 0 saturated carbocycles. The maximum Gasteiger partial charge on any atom is 0.214 e. The van der Waals surface area contributed by atoms with Crippen LogP contribution in [0.2, 0.25) is 0 Å². The molecule has 2 N–H and O–H groups in total. The van der Waals surface area contributed by atoms with Gasteiger partial charge in [-0.1, -0.05) is 24.3 Å². The number of aryl methyl sites for hydroxylation is 2. The average molecular weight is 458 g/mol. The number of hydrogen-bond acceptors (Lipinski definition) is 4. The summed E-state index contributed by atoms with van der Waals surface area (Å²) >= 11 is 0. The molecule has 0 aliphatic carbocycles. The van der Waals surface area contributed by atoms with Gasteiger partial charge in [0, 0.05) is 20.2 Å². The lowest BCUT2D eigenvalue weighted by molar-refractivity contribution is 0.134. The van der Waals surface area contributed by atoms with Gasteiger partial charge in [0.25, 0.3) is 0 Å². The molecule has 0 aliphatic heterocycles. The highest BCUT2D eigenvalue weighted by Gasteiger charge is 2.06. The Bertz CT molecular complexity index is 649. The van der Waals surface area contributed by atoms with Gasteiger partial charge in [-0.15, -0.1) is 24.0 Å². The smallest absolute Gasteiger partial charge is 0.214 e. The lowest BCUT2D eigenvalue weighted by atomic mass is 10.1. The van der Waals surface area contributed by atoms with Gasteiger partial charge in [-0.05, 0) is 31.9 Å². The number of benzene rings is 1. The quantitative estimate of drug-likeness (QED) is 0.379. The minimum atomic E-state index is 0. The summed E-state index contributed by atoms with van der Waals surface area (Å²) in [7, 11) is 1.74.